The van der Waals surface area contributed by atoms with Gasteiger partial charge >= 0.3 is 0 Å². The molecule has 0 spiro atoms. The van der Waals surface area contributed by atoms with E-state index in [1.165, 1.54) is 0 Å². The van der Waals surface area contributed by atoms with Crippen LogP contribution in [-0.2, 0) is 0 Å². The summed E-state index contributed by atoms with van der Waals surface area (Å²) in [5.41, 5.74) is 2.80. The quantitative estimate of drug-likeness (QED) is 0.666. The zero-order valence-electron chi connectivity index (χ0n) is 10.6. The van der Waals surface area contributed by atoms with Gasteiger partial charge in [0.05, 0.1) is 12.5 Å². The highest BCUT2D eigenvalue weighted by Gasteiger charge is 2.16. The van der Waals surface area contributed by atoms with Crippen LogP contribution >= 0.6 is 34.8 Å². The zero-order chi connectivity index (χ0) is 14.0. The molecule has 100 valence electrons. The van der Waals surface area contributed by atoms with E-state index in [1.807, 2.05) is 37.3 Å². The average molecular weight is 316 g/mol. The molecule has 0 aromatic heterocycles. The van der Waals surface area contributed by atoms with Gasteiger partial charge in [-0.1, -0.05) is 35.3 Å². The fraction of sp³-hybridized carbons (Fsp3) is 0.200. The van der Waals surface area contributed by atoms with Crippen molar-refractivity contribution in [2.45, 2.75) is 12.3 Å². The van der Waals surface area contributed by atoms with Gasteiger partial charge in [0.15, 0.2) is 0 Å². The van der Waals surface area contributed by atoms with Crippen LogP contribution in [0.5, 0.6) is 5.75 Å². The third-order valence-electron chi connectivity index (χ3n) is 2.94. The summed E-state index contributed by atoms with van der Waals surface area (Å²) in [6.45, 7) is 1.95. The van der Waals surface area contributed by atoms with Gasteiger partial charge in [-0.25, -0.2) is 0 Å². The van der Waals surface area contributed by atoms with Gasteiger partial charge in [-0.15, -0.1) is 11.6 Å². The Morgan fingerprint density at radius 3 is 2.42 bits per heavy atom. The first-order chi connectivity index (χ1) is 9.02. The Morgan fingerprint density at radius 2 is 1.79 bits per heavy atom. The van der Waals surface area contributed by atoms with Gasteiger partial charge in [0, 0.05) is 15.6 Å². The normalized spacial score (nSPS) is 12.3. The smallest absolute Gasteiger partial charge is 0.123 e. The van der Waals surface area contributed by atoms with Crippen LogP contribution in [-0.4, -0.2) is 7.11 Å². The molecule has 1 unspecified atom stereocenters. The summed E-state index contributed by atoms with van der Waals surface area (Å²) in [7, 11) is 1.61. The molecule has 2 aromatic rings. The fourth-order valence-corrected chi connectivity index (χ4v) is 2.51. The summed E-state index contributed by atoms with van der Waals surface area (Å²) in [5.74, 6) is 0.719. The number of hydrogen-bond acceptors (Lipinski definition) is 1. The van der Waals surface area contributed by atoms with Crippen molar-refractivity contribution >= 4 is 34.8 Å². The number of methoxy groups -OCH3 is 1. The average Bonchev–Trinajstić information content (AvgIpc) is 2.41. The molecule has 0 aliphatic carbocycles. The largest absolute Gasteiger partial charge is 0.496 e. The minimum Gasteiger partial charge on any atom is -0.496 e. The topological polar surface area (TPSA) is 9.23 Å². The molecule has 0 N–H and O–H groups in total. The highest BCUT2D eigenvalue weighted by Crippen LogP contribution is 2.37. The van der Waals surface area contributed by atoms with E-state index in [4.69, 9.17) is 39.5 Å². The molecule has 1 nitrogen and oxygen atoms in total. The molecule has 0 bridgehead atoms. The summed E-state index contributed by atoms with van der Waals surface area (Å²) in [6, 6.07) is 11.1. The number of aryl methyl sites for hydroxylation is 1. The highest BCUT2D eigenvalue weighted by atomic mass is 35.5. The third-order valence-corrected chi connectivity index (χ3v) is 4.09. The Kier molecular flexibility index (Phi) is 4.62. The predicted molar refractivity (Wildman–Crippen MR) is 81.9 cm³/mol. The van der Waals surface area contributed by atoms with Crippen molar-refractivity contribution < 1.29 is 4.74 Å². The maximum atomic E-state index is 6.53. The van der Waals surface area contributed by atoms with Crippen molar-refractivity contribution in [2.24, 2.45) is 0 Å². The van der Waals surface area contributed by atoms with Crippen LogP contribution < -0.4 is 4.74 Å². The first-order valence-electron chi connectivity index (χ1n) is 5.76. The predicted octanol–water partition coefficient (Wildman–Crippen LogP) is 5.64. The summed E-state index contributed by atoms with van der Waals surface area (Å²) in [6.07, 6.45) is 0. The molecule has 4 heteroatoms. The first kappa shape index (κ1) is 14.5. The van der Waals surface area contributed by atoms with E-state index >= 15 is 0 Å². The number of benzene rings is 2. The molecule has 0 saturated heterocycles. The molecule has 0 radical (unpaired) electrons. The number of hydrogen-bond donors (Lipinski definition) is 0. The van der Waals surface area contributed by atoms with Crippen molar-refractivity contribution in [2.75, 3.05) is 7.11 Å². The Bertz CT molecular complexity index is 596. The second-order valence-electron chi connectivity index (χ2n) is 4.26. The molecule has 0 amide bonds. The molecule has 2 aromatic carbocycles. The van der Waals surface area contributed by atoms with Crippen molar-refractivity contribution in [1.82, 2.24) is 0 Å². The van der Waals surface area contributed by atoms with E-state index in [0.29, 0.717) is 5.02 Å². The molecule has 2 rings (SSSR count). The minimum atomic E-state index is -0.329. The minimum absolute atomic E-state index is 0.329. The van der Waals surface area contributed by atoms with Crippen molar-refractivity contribution in [3.63, 3.8) is 0 Å². The van der Waals surface area contributed by atoms with Crippen molar-refractivity contribution in [3.05, 3.63) is 63.1 Å². The van der Waals surface area contributed by atoms with Crippen molar-refractivity contribution in [1.29, 1.82) is 0 Å². The van der Waals surface area contributed by atoms with E-state index in [1.54, 1.807) is 13.2 Å². The van der Waals surface area contributed by atoms with Gasteiger partial charge in [-0.3, -0.25) is 0 Å². The van der Waals surface area contributed by atoms with Gasteiger partial charge in [-0.05, 0) is 42.3 Å². The SMILES string of the molecule is COc1ccc(Cl)cc1C(Cl)c1ccc(Cl)c(C)c1. The maximum absolute atomic E-state index is 6.53. The van der Waals surface area contributed by atoms with Gasteiger partial charge in [0.1, 0.15) is 5.75 Å². The van der Waals surface area contributed by atoms with Crippen LogP contribution in [0.3, 0.4) is 0 Å². The second-order valence-corrected chi connectivity index (χ2v) is 5.54. The number of ether oxygens (including phenoxy) is 1. The second kappa shape index (κ2) is 6.04. The number of alkyl halides is 1. The lowest BCUT2D eigenvalue weighted by molar-refractivity contribution is 0.410. The van der Waals surface area contributed by atoms with Crippen LogP contribution in [0.1, 0.15) is 22.1 Å². The molecular formula is C15H13Cl3O. The Balaban J connectivity index is 2.45. The van der Waals surface area contributed by atoms with Crippen molar-refractivity contribution in [3.8, 4) is 5.75 Å². The monoisotopic (exact) mass is 314 g/mol. The lowest BCUT2D eigenvalue weighted by Crippen LogP contribution is -1.98. The molecule has 0 aliphatic heterocycles. The van der Waals surface area contributed by atoms with E-state index < -0.39 is 0 Å². The van der Waals surface area contributed by atoms with E-state index in [9.17, 15) is 0 Å². The van der Waals surface area contributed by atoms with Gasteiger partial charge in [-0.2, -0.15) is 0 Å². The third kappa shape index (κ3) is 3.17. The summed E-state index contributed by atoms with van der Waals surface area (Å²) in [4.78, 5) is 0. The number of rotatable bonds is 3. The summed E-state index contributed by atoms with van der Waals surface area (Å²) < 4.78 is 5.33. The lowest BCUT2D eigenvalue weighted by atomic mass is 10.0. The van der Waals surface area contributed by atoms with Crippen LogP contribution in [0.4, 0.5) is 0 Å². The maximum Gasteiger partial charge on any atom is 0.123 e. The first-order valence-corrected chi connectivity index (χ1v) is 6.95. The highest BCUT2D eigenvalue weighted by molar-refractivity contribution is 6.31. The fourth-order valence-electron chi connectivity index (χ4n) is 1.91. The van der Waals surface area contributed by atoms with Crippen LogP contribution in [0.15, 0.2) is 36.4 Å². The Labute approximate surface area is 128 Å². The van der Waals surface area contributed by atoms with Crippen LogP contribution in [0, 0.1) is 6.92 Å². The Morgan fingerprint density at radius 1 is 1.05 bits per heavy atom. The molecule has 0 saturated carbocycles. The van der Waals surface area contributed by atoms with Gasteiger partial charge in [0.2, 0.25) is 0 Å². The molecule has 19 heavy (non-hydrogen) atoms. The standard InChI is InChI=1S/C15H13Cl3O/c1-9-7-10(3-5-13(9)17)15(18)12-8-11(16)4-6-14(12)19-2/h3-8,15H,1-2H3. The summed E-state index contributed by atoms with van der Waals surface area (Å²) in [5, 5.41) is 1.03. The Hall–Kier alpha value is -0.890. The summed E-state index contributed by atoms with van der Waals surface area (Å²) >= 11 is 18.6. The lowest BCUT2D eigenvalue weighted by Gasteiger charge is -2.15. The molecule has 1 atom stereocenters. The van der Waals surface area contributed by atoms with E-state index in [0.717, 1.165) is 27.5 Å². The number of halogens is 3. The van der Waals surface area contributed by atoms with Gasteiger partial charge < -0.3 is 4.74 Å². The van der Waals surface area contributed by atoms with E-state index in [2.05, 4.69) is 0 Å². The van der Waals surface area contributed by atoms with Crippen LogP contribution in [0.2, 0.25) is 10.0 Å². The van der Waals surface area contributed by atoms with Crippen LogP contribution in [0.25, 0.3) is 0 Å². The zero-order valence-corrected chi connectivity index (χ0v) is 12.9. The molecule has 0 heterocycles. The van der Waals surface area contributed by atoms with Gasteiger partial charge in [0.25, 0.3) is 0 Å². The van der Waals surface area contributed by atoms with E-state index in [-0.39, 0.29) is 5.38 Å². The molecule has 0 fully saturated rings. The molecular weight excluding hydrogens is 303 g/mol. The molecule has 0 aliphatic rings.